The van der Waals surface area contributed by atoms with Crippen LogP contribution in [0.15, 0.2) is 60.7 Å². The zero-order valence-electron chi connectivity index (χ0n) is 14.5. The Bertz CT molecular complexity index is 614. The van der Waals surface area contributed by atoms with Gasteiger partial charge in [0.1, 0.15) is 0 Å². The van der Waals surface area contributed by atoms with Crippen LogP contribution in [0.2, 0.25) is 0 Å². The van der Waals surface area contributed by atoms with Crippen molar-refractivity contribution in [3.63, 3.8) is 0 Å². The third kappa shape index (κ3) is 4.00. The lowest BCUT2D eigenvalue weighted by Gasteiger charge is -2.47. The summed E-state index contributed by atoms with van der Waals surface area (Å²) in [5, 5.41) is 15.0. The molecule has 4 atom stereocenters. The molecule has 3 rings (SSSR count). The van der Waals surface area contributed by atoms with Crippen LogP contribution in [0.1, 0.15) is 56.3 Å². The average Bonchev–Trinajstić information content (AvgIpc) is 2.58. The Kier molecular flexibility index (Phi) is 6.45. The molecule has 1 saturated heterocycles. The predicted octanol–water partition coefficient (Wildman–Crippen LogP) is 5.05. The van der Waals surface area contributed by atoms with Crippen molar-refractivity contribution in [1.82, 2.24) is 5.32 Å². The molecule has 0 aromatic heterocycles. The van der Waals surface area contributed by atoms with Gasteiger partial charge >= 0.3 is 0 Å². The second kappa shape index (κ2) is 8.15. The topological polar surface area (TPSA) is 32.3 Å². The molecule has 2 nitrogen and oxygen atoms in total. The number of benzene rings is 2. The third-order valence-electron chi connectivity index (χ3n) is 5.16. The summed E-state index contributed by atoms with van der Waals surface area (Å²) in [6.07, 6.45) is 2.87. The highest BCUT2D eigenvalue weighted by atomic mass is 35.5. The zero-order valence-corrected chi connectivity index (χ0v) is 15.3. The van der Waals surface area contributed by atoms with E-state index in [1.54, 1.807) is 0 Å². The van der Waals surface area contributed by atoms with Gasteiger partial charge in [-0.25, -0.2) is 0 Å². The van der Waals surface area contributed by atoms with Gasteiger partial charge in [0, 0.05) is 18.0 Å². The summed E-state index contributed by atoms with van der Waals surface area (Å²) in [6, 6.07) is 21.4. The fourth-order valence-corrected chi connectivity index (χ4v) is 3.99. The molecular formula is C21H28ClNO. The summed E-state index contributed by atoms with van der Waals surface area (Å²) in [4.78, 5) is 0. The standard InChI is InChI=1S/C21H27NO.ClH/c1-3-10-18-20(17-13-8-5-9-14-17)22-19(15-21(18,2)23)16-11-6-4-7-12-16;/h4-9,11-14,18-20,22-23H,3,10,15H2,1-2H3;1H. The van der Waals surface area contributed by atoms with Crippen molar-refractivity contribution in [3.05, 3.63) is 71.8 Å². The fraction of sp³-hybridized carbons (Fsp3) is 0.429. The lowest BCUT2D eigenvalue weighted by atomic mass is 9.70. The lowest BCUT2D eigenvalue weighted by Crippen LogP contribution is -2.51. The Morgan fingerprint density at radius 1 is 1.00 bits per heavy atom. The molecule has 0 spiro atoms. The smallest absolute Gasteiger partial charge is 0.0684 e. The summed E-state index contributed by atoms with van der Waals surface area (Å²) in [5.41, 5.74) is 1.86. The highest BCUT2D eigenvalue weighted by molar-refractivity contribution is 5.85. The first-order valence-electron chi connectivity index (χ1n) is 8.70. The van der Waals surface area contributed by atoms with Crippen LogP contribution in [0.4, 0.5) is 0 Å². The quantitative estimate of drug-likeness (QED) is 0.812. The van der Waals surface area contributed by atoms with Crippen LogP contribution in [0, 0.1) is 5.92 Å². The van der Waals surface area contributed by atoms with Gasteiger partial charge in [0.05, 0.1) is 5.60 Å². The van der Waals surface area contributed by atoms with Crippen molar-refractivity contribution in [2.45, 2.75) is 50.8 Å². The number of hydrogen-bond acceptors (Lipinski definition) is 2. The van der Waals surface area contributed by atoms with E-state index in [1.165, 1.54) is 11.1 Å². The Balaban J connectivity index is 0.00000208. The minimum absolute atomic E-state index is 0. The summed E-state index contributed by atoms with van der Waals surface area (Å²) in [5.74, 6) is 0.231. The maximum atomic E-state index is 11.2. The van der Waals surface area contributed by atoms with Gasteiger partial charge in [-0.3, -0.25) is 0 Å². The van der Waals surface area contributed by atoms with Crippen LogP contribution in [0.3, 0.4) is 0 Å². The molecule has 24 heavy (non-hydrogen) atoms. The van der Waals surface area contributed by atoms with Crippen molar-refractivity contribution >= 4 is 12.4 Å². The van der Waals surface area contributed by atoms with Crippen molar-refractivity contribution in [2.75, 3.05) is 0 Å². The van der Waals surface area contributed by atoms with Gasteiger partial charge in [-0.2, -0.15) is 0 Å². The van der Waals surface area contributed by atoms with Crippen LogP contribution in [-0.2, 0) is 0 Å². The Morgan fingerprint density at radius 2 is 1.54 bits per heavy atom. The number of halogens is 1. The number of rotatable bonds is 4. The fourth-order valence-electron chi connectivity index (χ4n) is 3.99. The molecule has 0 bridgehead atoms. The maximum Gasteiger partial charge on any atom is 0.0684 e. The Hall–Kier alpha value is -1.35. The molecule has 1 aliphatic heterocycles. The SMILES string of the molecule is CCCC1C(c2ccccc2)NC(c2ccccc2)CC1(C)O.Cl. The van der Waals surface area contributed by atoms with Gasteiger partial charge in [0.2, 0.25) is 0 Å². The largest absolute Gasteiger partial charge is 0.390 e. The zero-order chi connectivity index (χ0) is 16.3. The van der Waals surface area contributed by atoms with E-state index in [0.29, 0.717) is 0 Å². The monoisotopic (exact) mass is 345 g/mol. The van der Waals surface area contributed by atoms with Crippen molar-refractivity contribution in [3.8, 4) is 0 Å². The van der Waals surface area contributed by atoms with Crippen LogP contribution in [0.25, 0.3) is 0 Å². The molecule has 130 valence electrons. The molecule has 0 saturated carbocycles. The first kappa shape index (κ1) is 19.0. The van der Waals surface area contributed by atoms with Crippen LogP contribution in [0.5, 0.6) is 0 Å². The Labute approximate surface area is 151 Å². The van der Waals surface area contributed by atoms with Crippen molar-refractivity contribution < 1.29 is 5.11 Å². The van der Waals surface area contributed by atoms with E-state index in [9.17, 15) is 5.11 Å². The highest BCUT2D eigenvalue weighted by Gasteiger charge is 2.44. The molecular weight excluding hydrogens is 318 g/mol. The second-order valence-electron chi connectivity index (χ2n) is 6.97. The summed E-state index contributed by atoms with van der Waals surface area (Å²) >= 11 is 0. The third-order valence-corrected chi connectivity index (χ3v) is 5.16. The summed E-state index contributed by atoms with van der Waals surface area (Å²) < 4.78 is 0. The van der Waals surface area contributed by atoms with Crippen molar-refractivity contribution in [2.24, 2.45) is 5.92 Å². The average molecular weight is 346 g/mol. The molecule has 3 heteroatoms. The minimum Gasteiger partial charge on any atom is -0.390 e. The predicted molar refractivity (Wildman–Crippen MR) is 102 cm³/mol. The molecule has 0 aliphatic carbocycles. The minimum atomic E-state index is -0.664. The van der Waals surface area contributed by atoms with Gasteiger partial charge in [-0.05, 0) is 30.9 Å². The molecule has 2 aromatic rings. The molecule has 1 heterocycles. The van der Waals surface area contributed by atoms with Crippen molar-refractivity contribution in [1.29, 1.82) is 0 Å². The van der Waals surface area contributed by atoms with Gasteiger partial charge in [-0.15, -0.1) is 12.4 Å². The van der Waals surface area contributed by atoms with Crippen LogP contribution >= 0.6 is 12.4 Å². The van der Waals surface area contributed by atoms with E-state index in [2.05, 4.69) is 60.8 Å². The number of piperidine rings is 1. The molecule has 0 amide bonds. The molecule has 2 aromatic carbocycles. The highest BCUT2D eigenvalue weighted by Crippen LogP contribution is 2.44. The maximum absolute atomic E-state index is 11.2. The first-order valence-corrected chi connectivity index (χ1v) is 8.70. The van der Waals surface area contributed by atoms with E-state index < -0.39 is 5.60 Å². The first-order chi connectivity index (χ1) is 11.1. The number of nitrogens with one attached hydrogen (secondary N) is 1. The van der Waals surface area contributed by atoms with E-state index in [-0.39, 0.29) is 30.4 Å². The molecule has 1 fully saturated rings. The van der Waals surface area contributed by atoms with Crippen LogP contribution < -0.4 is 5.32 Å². The molecule has 2 N–H and O–H groups in total. The molecule has 0 radical (unpaired) electrons. The number of hydrogen-bond donors (Lipinski definition) is 2. The van der Waals surface area contributed by atoms with Gasteiger partial charge in [0.25, 0.3) is 0 Å². The molecule has 1 aliphatic rings. The lowest BCUT2D eigenvalue weighted by molar-refractivity contribution is -0.0636. The normalized spacial score (nSPS) is 29.7. The summed E-state index contributed by atoms with van der Waals surface area (Å²) in [7, 11) is 0. The van der Waals surface area contributed by atoms with Gasteiger partial charge < -0.3 is 10.4 Å². The molecule has 4 unspecified atom stereocenters. The summed E-state index contributed by atoms with van der Waals surface area (Å²) in [6.45, 7) is 4.21. The van der Waals surface area contributed by atoms with E-state index in [1.807, 2.05) is 19.1 Å². The van der Waals surface area contributed by atoms with Gasteiger partial charge in [-0.1, -0.05) is 74.0 Å². The van der Waals surface area contributed by atoms with Crippen LogP contribution in [-0.4, -0.2) is 10.7 Å². The van der Waals surface area contributed by atoms with E-state index in [4.69, 9.17) is 0 Å². The second-order valence-corrected chi connectivity index (χ2v) is 6.97. The van der Waals surface area contributed by atoms with Gasteiger partial charge in [0.15, 0.2) is 0 Å². The Morgan fingerprint density at radius 3 is 2.08 bits per heavy atom. The van der Waals surface area contributed by atoms with E-state index in [0.717, 1.165) is 19.3 Å². The number of aliphatic hydroxyl groups is 1. The van der Waals surface area contributed by atoms with E-state index >= 15 is 0 Å².